The van der Waals surface area contributed by atoms with Gasteiger partial charge in [0.25, 0.3) is 11.9 Å². The van der Waals surface area contributed by atoms with E-state index in [1.807, 2.05) is 36.1 Å². The van der Waals surface area contributed by atoms with Gasteiger partial charge in [0.05, 0.1) is 6.61 Å². The third-order valence-corrected chi connectivity index (χ3v) is 5.41. The Labute approximate surface area is 180 Å². The molecule has 0 radical (unpaired) electrons. The van der Waals surface area contributed by atoms with Gasteiger partial charge in [0, 0.05) is 18.7 Å². The van der Waals surface area contributed by atoms with Crippen LogP contribution in [0.3, 0.4) is 0 Å². The number of hydrogen-bond acceptors (Lipinski definition) is 4. The zero-order chi connectivity index (χ0) is 21.2. The monoisotopic (exact) mass is 414 g/mol. The van der Waals surface area contributed by atoms with E-state index in [1.54, 1.807) is 18.2 Å². The largest absolute Gasteiger partial charge is 0.465 e. The van der Waals surface area contributed by atoms with Gasteiger partial charge in [-0.25, -0.2) is 0 Å². The first-order valence-electron chi connectivity index (χ1n) is 10.3. The average molecular weight is 414 g/mol. The number of amidine groups is 1. The summed E-state index contributed by atoms with van der Waals surface area (Å²) in [6.07, 6.45) is 0. The van der Waals surface area contributed by atoms with Gasteiger partial charge >= 0.3 is 0 Å². The number of fused-ring (bicyclic) bond motifs is 4. The molecule has 0 atom stereocenters. The van der Waals surface area contributed by atoms with E-state index in [9.17, 15) is 4.79 Å². The predicted molar refractivity (Wildman–Crippen MR) is 117 cm³/mol. The summed E-state index contributed by atoms with van der Waals surface area (Å²) in [7, 11) is 0. The molecule has 6 heteroatoms. The Morgan fingerprint density at radius 1 is 0.935 bits per heavy atom. The number of aliphatic imine (C=N–C) groups is 1. The van der Waals surface area contributed by atoms with Gasteiger partial charge in [0.2, 0.25) is 6.79 Å². The van der Waals surface area contributed by atoms with Crippen LogP contribution in [0, 0.1) is 0 Å². The number of benzene rings is 3. The van der Waals surface area contributed by atoms with Crippen molar-refractivity contribution in [3.8, 4) is 22.6 Å². The number of carbonyl (C=O) groups excluding carboxylic acids is 1. The van der Waals surface area contributed by atoms with Crippen LogP contribution in [-0.2, 0) is 17.8 Å². The summed E-state index contributed by atoms with van der Waals surface area (Å²) in [4.78, 5) is 19.3. The van der Waals surface area contributed by atoms with E-state index in [4.69, 9.17) is 14.2 Å². The molecule has 5 rings (SSSR count). The normalized spacial score (nSPS) is 14.5. The van der Waals surface area contributed by atoms with Gasteiger partial charge in [-0.1, -0.05) is 48.5 Å². The number of hydrogen-bond donors (Lipinski definition) is 0. The molecule has 0 saturated heterocycles. The summed E-state index contributed by atoms with van der Waals surface area (Å²) < 4.78 is 16.6. The Morgan fingerprint density at radius 2 is 1.58 bits per heavy atom. The fourth-order valence-corrected chi connectivity index (χ4v) is 3.95. The summed E-state index contributed by atoms with van der Waals surface area (Å²) in [6, 6.07) is 22.0. The quantitative estimate of drug-likeness (QED) is 0.452. The molecule has 0 fully saturated rings. The van der Waals surface area contributed by atoms with Crippen LogP contribution < -0.4 is 9.47 Å². The van der Waals surface area contributed by atoms with Crippen molar-refractivity contribution in [1.82, 2.24) is 4.90 Å². The molecule has 3 aromatic rings. The SMILES string of the molecule is CCO/C(=N\C(=O)c1ccc2c(c1)OCO2)N1Cc2ccccc2-c2ccccc2C1. The molecule has 31 heavy (non-hydrogen) atoms. The van der Waals surface area contributed by atoms with Crippen molar-refractivity contribution in [2.75, 3.05) is 13.4 Å². The zero-order valence-corrected chi connectivity index (χ0v) is 17.2. The molecule has 0 N–H and O–H groups in total. The van der Waals surface area contributed by atoms with Crippen molar-refractivity contribution in [2.24, 2.45) is 4.99 Å². The minimum absolute atomic E-state index is 0.160. The third-order valence-electron chi connectivity index (χ3n) is 5.41. The van der Waals surface area contributed by atoms with Crippen molar-refractivity contribution >= 4 is 11.9 Å². The zero-order valence-electron chi connectivity index (χ0n) is 17.2. The standard InChI is InChI=1S/C25H22N2O4/c1-2-29-25(26-24(28)17-11-12-22-23(13-17)31-16-30-22)27-14-18-7-3-5-9-20(18)21-10-6-4-8-19(21)15-27/h3-13H,2,14-16H2,1H3/b26-25-. The molecular formula is C25H22N2O4. The van der Waals surface area contributed by atoms with Gasteiger partial charge in [-0.05, 0) is 47.4 Å². The Balaban J connectivity index is 1.51. The van der Waals surface area contributed by atoms with Crippen molar-refractivity contribution in [1.29, 1.82) is 0 Å². The molecule has 2 heterocycles. The van der Waals surface area contributed by atoms with Gasteiger partial charge in [0.15, 0.2) is 11.5 Å². The summed E-state index contributed by atoms with van der Waals surface area (Å²) in [5.74, 6) is 0.801. The summed E-state index contributed by atoms with van der Waals surface area (Å²) >= 11 is 0. The van der Waals surface area contributed by atoms with Gasteiger partial charge < -0.3 is 19.1 Å². The Bertz CT molecular complexity index is 1120. The highest BCUT2D eigenvalue weighted by Crippen LogP contribution is 2.34. The molecule has 0 unspecified atom stereocenters. The number of amides is 1. The Hall–Kier alpha value is -3.80. The van der Waals surface area contributed by atoms with Crippen LogP contribution in [0.4, 0.5) is 0 Å². The van der Waals surface area contributed by atoms with Gasteiger partial charge in [-0.3, -0.25) is 4.79 Å². The molecule has 0 aliphatic carbocycles. The molecule has 1 amide bonds. The highest BCUT2D eigenvalue weighted by Gasteiger charge is 2.24. The van der Waals surface area contributed by atoms with Crippen LogP contribution in [-0.4, -0.2) is 30.2 Å². The minimum Gasteiger partial charge on any atom is -0.465 e. The minimum atomic E-state index is -0.382. The van der Waals surface area contributed by atoms with E-state index in [0.29, 0.717) is 42.8 Å². The molecule has 0 spiro atoms. The Morgan fingerprint density at radius 3 is 2.26 bits per heavy atom. The predicted octanol–water partition coefficient (Wildman–Crippen LogP) is 4.63. The highest BCUT2D eigenvalue weighted by molar-refractivity contribution is 6.01. The van der Waals surface area contributed by atoms with Crippen LogP contribution in [0.2, 0.25) is 0 Å². The van der Waals surface area contributed by atoms with E-state index >= 15 is 0 Å². The van der Waals surface area contributed by atoms with Crippen LogP contribution in [0.25, 0.3) is 11.1 Å². The van der Waals surface area contributed by atoms with E-state index in [0.717, 1.165) is 11.1 Å². The summed E-state index contributed by atoms with van der Waals surface area (Å²) in [6.45, 7) is 3.65. The topological polar surface area (TPSA) is 60.4 Å². The molecule has 3 aromatic carbocycles. The highest BCUT2D eigenvalue weighted by atomic mass is 16.7. The van der Waals surface area contributed by atoms with Gasteiger partial charge in [-0.15, -0.1) is 0 Å². The first-order valence-corrected chi connectivity index (χ1v) is 10.3. The lowest BCUT2D eigenvalue weighted by atomic mass is 9.97. The lowest BCUT2D eigenvalue weighted by molar-refractivity contribution is 0.0992. The van der Waals surface area contributed by atoms with E-state index in [2.05, 4.69) is 29.3 Å². The van der Waals surface area contributed by atoms with Crippen molar-refractivity contribution in [2.45, 2.75) is 20.0 Å². The Kier molecular flexibility index (Phi) is 5.04. The van der Waals surface area contributed by atoms with E-state index in [1.165, 1.54) is 11.1 Å². The molecule has 0 saturated carbocycles. The second-order valence-corrected chi connectivity index (χ2v) is 7.37. The number of carbonyl (C=O) groups is 1. The fourth-order valence-electron chi connectivity index (χ4n) is 3.95. The van der Waals surface area contributed by atoms with Crippen molar-refractivity contribution in [3.63, 3.8) is 0 Å². The van der Waals surface area contributed by atoms with Crippen LogP contribution in [0.1, 0.15) is 28.4 Å². The maximum Gasteiger partial charge on any atom is 0.296 e. The smallest absolute Gasteiger partial charge is 0.296 e. The molecule has 0 aromatic heterocycles. The second kappa shape index (κ2) is 8.14. The summed E-state index contributed by atoms with van der Waals surface area (Å²) in [5, 5.41) is 0. The number of ether oxygens (including phenoxy) is 3. The molecule has 6 nitrogen and oxygen atoms in total. The summed E-state index contributed by atoms with van der Waals surface area (Å²) in [5.41, 5.74) is 5.14. The molecule has 156 valence electrons. The maximum atomic E-state index is 13.0. The third kappa shape index (κ3) is 3.72. The lowest BCUT2D eigenvalue weighted by Gasteiger charge is -2.24. The number of nitrogens with zero attached hydrogens (tertiary/aromatic N) is 2. The van der Waals surface area contributed by atoms with Gasteiger partial charge in [0.1, 0.15) is 0 Å². The van der Waals surface area contributed by atoms with Crippen LogP contribution in [0.5, 0.6) is 11.5 Å². The van der Waals surface area contributed by atoms with E-state index in [-0.39, 0.29) is 12.7 Å². The molecular weight excluding hydrogens is 392 g/mol. The second-order valence-electron chi connectivity index (χ2n) is 7.37. The fraction of sp³-hybridized carbons (Fsp3) is 0.200. The first-order chi connectivity index (χ1) is 15.2. The van der Waals surface area contributed by atoms with Gasteiger partial charge in [-0.2, -0.15) is 4.99 Å². The number of rotatable bonds is 2. The first kappa shape index (κ1) is 19.2. The lowest BCUT2D eigenvalue weighted by Crippen LogP contribution is -2.32. The van der Waals surface area contributed by atoms with Crippen LogP contribution >= 0.6 is 0 Å². The molecule has 2 aliphatic rings. The van der Waals surface area contributed by atoms with Crippen LogP contribution in [0.15, 0.2) is 71.7 Å². The van der Waals surface area contributed by atoms with Crippen molar-refractivity contribution < 1.29 is 19.0 Å². The maximum absolute atomic E-state index is 13.0. The van der Waals surface area contributed by atoms with E-state index < -0.39 is 0 Å². The molecule has 0 bridgehead atoms. The average Bonchev–Trinajstić information content (AvgIpc) is 3.20. The molecule has 2 aliphatic heterocycles. The van der Waals surface area contributed by atoms with Crippen molar-refractivity contribution in [3.05, 3.63) is 83.4 Å².